The molecule has 1 saturated carbocycles. The van der Waals surface area contributed by atoms with E-state index in [4.69, 9.17) is 5.73 Å². The van der Waals surface area contributed by atoms with Gasteiger partial charge in [-0.2, -0.15) is 0 Å². The fraction of sp³-hybridized carbons (Fsp3) is 0.923. The lowest BCUT2D eigenvalue weighted by Crippen LogP contribution is -2.43. The fourth-order valence-electron chi connectivity index (χ4n) is 1.91. The number of aliphatic hydroxyl groups is 1. The van der Waals surface area contributed by atoms with Crippen LogP contribution in [0.25, 0.3) is 0 Å². The summed E-state index contributed by atoms with van der Waals surface area (Å²) in [5, 5.41) is 15.6. The molecule has 5 nitrogen and oxygen atoms in total. The molecule has 0 aliphatic heterocycles. The van der Waals surface area contributed by atoms with Crippen molar-refractivity contribution >= 4 is 5.91 Å². The van der Waals surface area contributed by atoms with Crippen LogP contribution in [0.4, 0.5) is 0 Å². The lowest BCUT2D eigenvalue weighted by molar-refractivity contribution is -0.123. The number of carbonyl (C=O) groups is 1. The number of nitrogens with one attached hydrogen (secondary N) is 2. The van der Waals surface area contributed by atoms with Crippen LogP contribution < -0.4 is 16.4 Å². The van der Waals surface area contributed by atoms with Gasteiger partial charge < -0.3 is 21.5 Å². The number of rotatable bonds is 10. The summed E-state index contributed by atoms with van der Waals surface area (Å²) in [6.07, 6.45) is 4.46. The molecule has 0 aromatic rings. The lowest BCUT2D eigenvalue weighted by Gasteiger charge is -2.14. The van der Waals surface area contributed by atoms with Gasteiger partial charge in [0, 0.05) is 6.54 Å². The van der Waals surface area contributed by atoms with Crippen molar-refractivity contribution in [2.45, 2.75) is 51.2 Å². The molecule has 5 N–H and O–H groups in total. The van der Waals surface area contributed by atoms with Crippen molar-refractivity contribution in [1.82, 2.24) is 10.6 Å². The maximum Gasteiger partial charge on any atom is 0.237 e. The Hall–Kier alpha value is -0.650. The van der Waals surface area contributed by atoms with E-state index < -0.39 is 12.1 Å². The van der Waals surface area contributed by atoms with Crippen LogP contribution in [0.15, 0.2) is 0 Å². The van der Waals surface area contributed by atoms with Crippen LogP contribution in [0.5, 0.6) is 0 Å². The number of carbonyl (C=O) groups excluding carboxylic acids is 1. The van der Waals surface area contributed by atoms with Gasteiger partial charge in [0.15, 0.2) is 0 Å². The molecule has 2 atom stereocenters. The third-order valence-corrected chi connectivity index (χ3v) is 3.36. The van der Waals surface area contributed by atoms with Gasteiger partial charge in [0.05, 0.1) is 12.1 Å². The number of hydrogen-bond donors (Lipinski definition) is 4. The molecule has 0 spiro atoms. The minimum Gasteiger partial charge on any atom is -0.391 e. The molecule has 1 aliphatic carbocycles. The van der Waals surface area contributed by atoms with Crippen LogP contribution >= 0.6 is 0 Å². The van der Waals surface area contributed by atoms with Crippen molar-refractivity contribution in [2.24, 2.45) is 11.7 Å². The second kappa shape index (κ2) is 8.45. The molecule has 0 bridgehead atoms. The minimum atomic E-state index is -0.446. The van der Waals surface area contributed by atoms with Gasteiger partial charge in [-0.25, -0.2) is 0 Å². The van der Waals surface area contributed by atoms with E-state index in [1.807, 2.05) is 0 Å². The molecule has 1 amide bonds. The van der Waals surface area contributed by atoms with E-state index in [-0.39, 0.29) is 5.91 Å². The molecule has 5 heteroatoms. The van der Waals surface area contributed by atoms with Gasteiger partial charge in [-0.3, -0.25) is 4.79 Å². The molecule has 1 unspecified atom stereocenters. The van der Waals surface area contributed by atoms with Gasteiger partial charge in [0.25, 0.3) is 0 Å². The van der Waals surface area contributed by atoms with Crippen molar-refractivity contribution in [3.05, 3.63) is 0 Å². The SMILES string of the molecule is CCNCCCC[C@@H](N)C(=O)NCC(O)C1CC1. The Balaban J connectivity index is 2.01. The standard InChI is InChI=1S/C13H27N3O2/c1-2-15-8-4-3-5-11(14)13(18)16-9-12(17)10-6-7-10/h10-12,15,17H,2-9,14H2,1H3,(H,16,18)/t11-,12?/m1/s1. The molecule has 0 heterocycles. The summed E-state index contributed by atoms with van der Waals surface area (Å²) in [4.78, 5) is 11.6. The molecule has 0 radical (unpaired) electrons. The highest BCUT2D eigenvalue weighted by molar-refractivity contribution is 5.81. The van der Waals surface area contributed by atoms with E-state index in [0.29, 0.717) is 18.9 Å². The Labute approximate surface area is 110 Å². The zero-order valence-electron chi connectivity index (χ0n) is 11.3. The van der Waals surface area contributed by atoms with Crippen molar-refractivity contribution in [1.29, 1.82) is 0 Å². The van der Waals surface area contributed by atoms with Gasteiger partial charge in [-0.15, -0.1) is 0 Å². The minimum absolute atomic E-state index is 0.141. The first-order chi connectivity index (χ1) is 8.65. The van der Waals surface area contributed by atoms with E-state index in [1.165, 1.54) is 0 Å². The van der Waals surface area contributed by atoms with Crippen LogP contribution in [-0.2, 0) is 4.79 Å². The lowest BCUT2D eigenvalue weighted by atomic mass is 10.1. The van der Waals surface area contributed by atoms with E-state index >= 15 is 0 Å². The monoisotopic (exact) mass is 257 g/mol. The van der Waals surface area contributed by atoms with Crippen LogP contribution in [0.2, 0.25) is 0 Å². The quantitative estimate of drug-likeness (QED) is 0.414. The number of amides is 1. The maximum absolute atomic E-state index is 11.6. The number of aliphatic hydroxyl groups excluding tert-OH is 1. The largest absolute Gasteiger partial charge is 0.391 e. The van der Waals surface area contributed by atoms with E-state index in [2.05, 4.69) is 17.6 Å². The van der Waals surface area contributed by atoms with Gasteiger partial charge in [0.2, 0.25) is 5.91 Å². The zero-order chi connectivity index (χ0) is 13.4. The summed E-state index contributed by atoms with van der Waals surface area (Å²) in [7, 11) is 0. The van der Waals surface area contributed by atoms with Crippen molar-refractivity contribution < 1.29 is 9.90 Å². The Kier molecular flexibility index (Phi) is 7.23. The third-order valence-electron chi connectivity index (χ3n) is 3.36. The highest BCUT2D eigenvalue weighted by Gasteiger charge is 2.29. The Morgan fingerprint density at radius 1 is 1.44 bits per heavy atom. The molecule has 1 fully saturated rings. The van der Waals surface area contributed by atoms with Crippen LogP contribution in [0.3, 0.4) is 0 Å². The summed E-state index contributed by atoms with van der Waals surface area (Å²) >= 11 is 0. The summed E-state index contributed by atoms with van der Waals surface area (Å²) in [5.74, 6) is 0.250. The third kappa shape index (κ3) is 6.33. The summed E-state index contributed by atoms with van der Waals surface area (Å²) in [6.45, 7) is 4.37. The first-order valence-corrected chi connectivity index (χ1v) is 7.07. The molecule has 0 aromatic heterocycles. The highest BCUT2D eigenvalue weighted by atomic mass is 16.3. The molecule has 1 aliphatic rings. The second-order valence-corrected chi connectivity index (χ2v) is 5.11. The molecule has 0 saturated heterocycles. The van der Waals surface area contributed by atoms with Crippen molar-refractivity contribution in [3.63, 3.8) is 0 Å². The predicted octanol–water partition coefficient (Wildman–Crippen LogP) is -0.0194. The summed E-state index contributed by atoms with van der Waals surface area (Å²) in [5.41, 5.74) is 5.80. The van der Waals surface area contributed by atoms with Crippen LogP contribution in [0.1, 0.15) is 39.0 Å². The van der Waals surface area contributed by atoms with Gasteiger partial charge in [0.1, 0.15) is 0 Å². The molecule has 0 aromatic carbocycles. The maximum atomic E-state index is 11.6. The van der Waals surface area contributed by atoms with E-state index in [1.54, 1.807) is 0 Å². The normalized spacial score (nSPS) is 18.4. The molecular weight excluding hydrogens is 230 g/mol. The molecular formula is C13H27N3O2. The Morgan fingerprint density at radius 2 is 2.17 bits per heavy atom. The van der Waals surface area contributed by atoms with E-state index in [0.717, 1.165) is 38.8 Å². The topological polar surface area (TPSA) is 87.4 Å². The first kappa shape index (κ1) is 15.4. The van der Waals surface area contributed by atoms with E-state index in [9.17, 15) is 9.90 Å². The molecule has 18 heavy (non-hydrogen) atoms. The van der Waals surface area contributed by atoms with Crippen LogP contribution in [0, 0.1) is 5.92 Å². The highest BCUT2D eigenvalue weighted by Crippen LogP contribution is 2.32. The predicted molar refractivity (Wildman–Crippen MR) is 72.1 cm³/mol. The van der Waals surface area contributed by atoms with Gasteiger partial charge in [-0.05, 0) is 44.7 Å². The summed E-state index contributed by atoms with van der Waals surface area (Å²) in [6, 6.07) is -0.446. The second-order valence-electron chi connectivity index (χ2n) is 5.11. The van der Waals surface area contributed by atoms with Crippen molar-refractivity contribution in [3.8, 4) is 0 Å². The Bertz CT molecular complexity index is 244. The van der Waals surface area contributed by atoms with Crippen molar-refractivity contribution in [2.75, 3.05) is 19.6 Å². The molecule has 106 valence electrons. The molecule has 1 rings (SSSR count). The smallest absolute Gasteiger partial charge is 0.237 e. The zero-order valence-corrected chi connectivity index (χ0v) is 11.3. The fourth-order valence-corrected chi connectivity index (χ4v) is 1.91. The van der Waals surface area contributed by atoms with Gasteiger partial charge in [-0.1, -0.05) is 13.3 Å². The van der Waals surface area contributed by atoms with Gasteiger partial charge >= 0.3 is 0 Å². The van der Waals surface area contributed by atoms with Crippen LogP contribution in [-0.4, -0.2) is 42.8 Å². The first-order valence-electron chi connectivity index (χ1n) is 7.07. The average Bonchev–Trinajstić information content (AvgIpc) is 3.19. The summed E-state index contributed by atoms with van der Waals surface area (Å²) < 4.78 is 0. The number of hydrogen-bond acceptors (Lipinski definition) is 4. The Morgan fingerprint density at radius 3 is 2.78 bits per heavy atom. The number of nitrogens with two attached hydrogens (primary N) is 1. The number of unbranched alkanes of at least 4 members (excludes halogenated alkanes) is 1. The average molecular weight is 257 g/mol.